The molecule has 0 bridgehead atoms. The van der Waals surface area contributed by atoms with Crippen molar-refractivity contribution in [3.8, 4) is 5.75 Å². The molecule has 3 aromatic rings. The van der Waals surface area contributed by atoms with Crippen LogP contribution in [-0.2, 0) is 16.6 Å². The van der Waals surface area contributed by atoms with E-state index in [1.54, 1.807) is 24.3 Å². The maximum absolute atomic E-state index is 13.5. The summed E-state index contributed by atoms with van der Waals surface area (Å²) in [5.74, 6) is 0.561. The second-order valence-electron chi connectivity index (χ2n) is 7.66. The van der Waals surface area contributed by atoms with Crippen molar-refractivity contribution in [1.29, 1.82) is 0 Å². The highest BCUT2D eigenvalue weighted by atomic mass is 35.5. The first kappa shape index (κ1) is 25.8. The summed E-state index contributed by atoms with van der Waals surface area (Å²) in [5.41, 5.74) is 1.91. The quantitative estimate of drug-likeness (QED) is 0.308. The first-order chi connectivity index (χ1) is 16.4. The minimum Gasteiger partial charge on any atom is -0.497 e. The van der Waals surface area contributed by atoms with Gasteiger partial charge in [-0.3, -0.25) is 9.21 Å². The van der Waals surface area contributed by atoms with E-state index in [0.29, 0.717) is 18.0 Å². The Balaban J connectivity index is 1.86. The molecule has 6 nitrogen and oxygen atoms in total. The smallest absolute Gasteiger partial charge is 0.264 e. The van der Waals surface area contributed by atoms with Crippen LogP contribution in [0, 0.1) is 0 Å². The molecule has 0 spiro atoms. The van der Waals surface area contributed by atoms with Crippen molar-refractivity contribution < 1.29 is 18.3 Å². The number of halogens is 1. The third-order valence-electron chi connectivity index (χ3n) is 5.30. The summed E-state index contributed by atoms with van der Waals surface area (Å²) in [4.78, 5) is 2.03. The number of likely N-dealkylation sites (N-methyl/N-ethyl adjacent to an activating group) is 1. The molecule has 0 aliphatic rings. The number of sulfonamides is 1. The molecule has 8 heteroatoms. The molecular weight excluding hydrogens is 472 g/mol. The molecule has 1 unspecified atom stereocenters. The van der Waals surface area contributed by atoms with Gasteiger partial charge in [0.15, 0.2) is 0 Å². The first-order valence-electron chi connectivity index (χ1n) is 10.8. The second-order valence-corrected chi connectivity index (χ2v) is 9.97. The van der Waals surface area contributed by atoms with Crippen LogP contribution in [0.4, 0.5) is 5.69 Å². The van der Waals surface area contributed by atoms with E-state index in [1.807, 2.05) is 66.6 Å². The van der Waals surface area contributed by atoms with Crippen molar-refractivity contribution in [3.05, 3.63) is 96.1 Å². The van der Waals surface area contributed by atoms with Gasteiger partial charge in [0.25, 0.3) is 10.0 Å². The number of para-hydroxylation sites is 1. The van der Waals surface area contributed by atoms with Gasteiger partial charge in [-0.2, -0.15) is 0 Å². The number of benzene rings is 3. The predicted octanol–water partition coefficient (Wildman–Crippen LogP) is 4.59. The molecule has 34 heavy (non-hydrogen) atoms. The van der Waals surface area contributed by atoms with Gasteiger partial charge >= 0.3 is 0 Å². The topological polar surface area (TPSA) is 70.1 Å². The summed E-state index contributed by atoms with van der Waals surface area (Å²) < 4.78 is 33.3. The molecule has 180 valence electrons. The van der Waals surface area contributed by atoms with Crippen LogP contribution in [0.2, 0.25) is 0 Å². The van der Waals surface area contributed by atoms with Crippen LogP contribution in [0.5, 0.6) is 5.75 Å². The Hall–Kier alpha value is -2.84. The van der Waals surface area contributed by atoms with Crippen LogP contribution in [0.25, 0.3) is 6.08 Å². The number of alkyl halides is 1. The molecule has 0 saturated carbocycles. The molecule has 0 aromatic heterocycles. The second kappa shape index (κ2) is 12.0. The van der Waals surface area contributed by atoms with E-state index in [2.05, 4.69) is 0 Å². The Morgan fingerprint density at radius 3 is 2.29 bits per heavy atom. The van der Waals surface area contributed by atoms with Gasteiger partial charge in [-0.1, -0.05) is 60.7 Å². The van der Waals surface area contributed by atoms with E-state index in [9.17, 15) is 13.5 Å². The lowest BCUT2D eigenvalue weighted by atomic mass is 10.1. The van der Waals surface area contributed by atoms with Crippen molar-refractivity contribution in [3.63, 3.8) is 0 Å². The molecule has 1 N–H and O–H groups in total. The molecule has 0 saturated heterocycles. The van der Waals surface area contributed by atoms with Gasteiger partial charge < -0.3 is 9.84 Å². The van der Waals surface area contributed by atoms with E-state index < -0.39 is 15.5 Å². The van der Waals surface area contributed by atoms with Crippen molar-refractivity contribution in [2.75, 3.05) is 31.6 Å². The fraction of sp³-hybridized carbons (Fsp3) is 0.231. The molecule has 3 rings (SSSR count). The maximum Gasteiger partial charge on any atom is 0.264 e. The highest BCUT2D eigenvalue weighted by Crippen LogP contribution is 2.29. The number of nitrogens with zero attached hydrogens (tertiary/aromatic N) is 2. The summed E-state index contributed by atoms with van der Waals surface area (Å²) in [6, 6.07) is 23.3. The number of anilines is 1. The predicted molar refractivity (Wildman–Crippen MR) is 138 cm³/mol. The Bertz CT molecular complexity index is 1180. The number of rotatable bonds is 11. The highest BCUT2D eigenvalue weighted by molar-refractivity contribution is 7.92. The number of ether oxygens (including phenoxy) is 1. The van der Waals surface area contributed by atoms with Crippen LogP contribution < -0.4 is 9.04 Å². The van der Waals surface area contributed by atoms with Crippen molar-refractivity contribution in [2.24, 2.45) is 0 Å². The normalized spacial score (nSPS) is 12.7. The zero-order valence-corrected chi connectivity index (χ0v) is 20.8. The number of methoxy groups -OCH3 is 1. The van der Waals surface area contributed by atoms with Crippen molar-refractivity contribution in [1.82, 2.24) is 4.90 Å². The van der Waals surface area contributed by atoms with Crippen molar-refractivity contribution in [2.45, 2.75) is 16.9 Å². The van der Waals surface area contributed by atoms with Gasteiger partial charge in [0.05, 0.1) is 30.8 Å². The minimum atomic E-state index is -3.91. The van der Waals surface area contributed by atoms with Gasteiger partial charge in [0, 0.05) is 6.54 Å². The number of aliphatic hydroxyl groups excluding tert-OH is 1. The van der Waals surface area contributed by atoms with E-state index in [4.69, 9.17) is 16.3 Å². The van der Waals surface area contributed by atoms with Gasteiger partial charge in [-0.15, -0.1) is 11.6 Å². The number of hydrogen-bond acceptors (Lipinski definition) is 5. The van der Waals surface area contributed by atoms with E-state index in [1.165, 1.54) is 23.5 Å². The lowest BCUT2D eigenvalue weighted by molar-refractivity contribution is 0.306. The van der Waals surface area contributed by atoms with Gasteiger partial charge in [-0.05, 0) is 48.5 Å². The summed E-state index contributed by atoms with van der Waals surface area (Å²) >= 11 is 6.59. The SMILES string of the molecule is COc1ccc(S(=O)(=O)N(CCO)c2ccccc2CN(C)C(Cl)C=Cc2ccccc2)cc1. The zero-order chi connectivity index (χ0) is 24.6. The summed E-state index contributed by atoms with van der Waals surface area (Å²) in [7, 11) is -0.519. The Morgan fingerprint density at radius 1 is 1.00 bits per heavy atom. The molecule has 0 heterocycles. The minimum absolute atomic E-state index is 0.0761. The third kappa shape index (κ3) is 6.39. The first-order valence-corrected chi connectivity index (χ1v) is 12.7. The van der Waals surface area contributed by atoms with Crippen LogP contribution >= 0.6 is 11.6 Å². The summed E-state index contributed by atoms with van der Waals surface area (Å²) in [6.45, 7) is 0.00827. The maximum atomic E-state index is 13.5. The van der Waals surface area contributed by atoms with E-state index >= 15 is 0 Å². The zero-order valence-electron chi connectivity index (χ0n) is 19.2. The standard InChI is InChI=1S/C26H29ClN2O4S/c1-28(26(27)17-12-21-8-4-3-5-9-21)20-22-10-6-7-11-25(22)29(18-19-30)34(31,32)24-15-13-23(33-2)14-16-24/h3-17,26,30H,18-20H2,1-2H3. The highest BCUT2D eigenvalue weighted by Gasteiger charge is 2.27. The average Bonchev–Trinajstić information content (AvgIpc) is 2.86. The lowest BCUT2D eigenvalue weighted by Gasteiger charge is -2.28. The molecule has 0 aliphatic carbocycles. The van der Waals surface area contributed by atoms with Crippen LogP contribution in [0.1, 0.15) is 11.1 Å². The molecule has 0 radical (unpaired) electrons. The molecule has 0 aliphatic heterocycles. The fourth-order valence-corrected chi connectivity index (χ4v) is 5.12. The molecule has 0 fully saturated rings. The van der Waals surface area contributed by atoms with Crippen molar-refractivity contribution >= 4 is 33.4 Å². The lowest BCUT2D eigenvalue weighted by Crippen LogP contribution is -2.35. The Morgan fingerprint density at radius 2 is 1.65 bits per heavy atom. The van der Waals surface area contributed by atoms with Crippen LogP contribution in [-0.4, -0.2) is 51.2 Å². The van der Waals surface area contributed by atoms with Gasteiger partial charge in [0.1, 0.15) is 11.3 Å². The summed E-state index contributed by atoms with van der Waals surface area (Å²) in [6.07, 6.45) is 3.84. The summed E-state index contributed by atoms with van der Waals surface area (Å²) in [5, 5.41) is 9.66. The van der Waals surface area contributed by atoms with Gasteiger partial charge in [-0.25, -0.2) is 8.42 Å². The average molecular weight is 501 g/mol. The van der Waals surface area contributed by atoms with E-state index in [0.717, 1.165) is 11.1 Å². The third-order valence-corrected chi connectivity index (χ3v) is 7.60. The van der Waals surface area contributed by atoms with Gasteiger partial charge in [0.2, 0.25) is 0 Å². The Labute approximate surface area is 206 Å². The fourth-order valence-electron chi connectivity index (χ4n) is 3.48. The van der Waals surface area contributed by atoms with Crippen LogP contribution in [0.15, 0.2) is 89.8 Å². The largest absolute Gasteiger partial charge is 0.497 e. The van der Waals surface area contributed by atoms with E-state index in [-0.39, 0.29) is 18.0 Å². The molecule has 0 amide bonds. The van der Waals surface area contributed by atoms with Crippen LogP contribution in [0.3, 0.4) is 0 Å². The molecule has 3 aromatic carbocycles. The molecular formula is C26H29ClN2O4S. The molecule has 1 atom stereocenters. The number of hydrogen-bond donors (Lipinski definition) is 1. The number of aliphatic hydroxyl groups is 1. The monoisotopic (exact) mass is 500 g/mol. The Kier molecular flexibility index (Phi) is 9.12.